The molecule has 0 spiro atoms. The van der Waals surface area contributed by atoms with E-state index >= 15 is 0 Å². The van der Waals surface area contributed by atoms with Crippen molar-refractivity contribution in [1.82, 2.24) is 4.90 Å². The summed E-state index contributed by atoms with van der Waals surface area (Å²) in [6.45, 7) is 5.26. The first-order chi connectivity index (χ1) is 11.0. The molecule has 1 aromatic rings. The van der Waals surface area contributed by atoms with Gasteiger partial charge in [-0.15, -0.1) is 0 Å². The molecule has 0 unspecified atom stereocenters. The lowest BCUT2D eigenvalue weighted by atomic mass is 9.77. The minimum atomic E-state index is -0.584. The van der Waals surface area contributed by atoms with Gasteiger partial charge >= 0.3 is 11.8 Å². The van der Waals surface area contributed by atoms with Crippen molar-refractivity contribution in [3.05, 3.63) is 29.8 Å². The molecule has 1 aliphatic heterocycles. The van der Waals surface area contributed by atoms with Crippen LogP contribution in [0.5, 0.6) is 0 Å². The molecule has 2 rings (SSSR count). The minimum Gasteiger partial charge on any atom is -0.396 e. The SMILES string of the molecule is CCc1ccccc1NC(=O)C(=O)N1CCC(CC)(CO)CC1. The number of nitrogens with zero attached hydrogens (tertiary/aromatic N) is 1. The number of nitrogens with one attached hydrogen (secondary N) is 1. The number of aliphatic hydroxyl groups excluding tert-OH is 1. The summed E-state index contributed by atoms with van der Waals surface area (Å²) in [5.74, 6) is -1.07. The van der Waals surface area contributed by atoms with E-state index in [4.69, 9.17) is 0 Å². The maximum absolute atomic E-state index is 12.3. The summed E-state index contributed by atoms with van der Waals surface area (Å²) in [6.07, 6.45) is 3.17. The van der Waals surface area contributed by atoms with Crippen LogP contribution in [0.25, 0.3) is 0 Å². The van der Waals surface area contributed by atoms with Crippen LogP contribution in [0.4, 0.5) is 5.69 Å². The Kier molecular flexibility index (Phi) is 5.77. The van der Waals surface area contributed by atoms with Crippen LogP contribution in [0, 0.1) is 5.41 Å². The van der Waals surface area contributed by atoms with Crippen LogP contribution < -0.4 is 5.32 Å². The van der Waals surface area contributed by atoms with Gasteiger partial charge in [0.05, 0.1) is 0 Å². The van der Waals surface area contributed by atoms with Crippen molar-refractivity contribution in [2.45, 2.75) is 39.5 Å². The molecule has 0 aromatic heterocycles. The smallest absolute Gasteiger partial charge is 0.313 e. The minimum absolute atomic E-state index is 0.0952. The molecule has 0 saturated carbocycles. The summed E-state index contributed by atoms with van der Waals surface area (Å²) >= 11 is 0. The molecular formula is C18H26N2O3. The number of hydrogen-bond acceptors (Lipinski definition) is 3. The number of amides is 2. The Bertz CT molecular complexity index is 557. The van der Waals surface area contributed by atoms with E-state index in [9.17, 15) is 14.7 Å². The number of para-hydroxylation sites is 1. The van der Waals surface area contributed by atoms with E-state index in [1.807, 2.05) is 31.2 Å². The fourth-order valence-electron chi connectivity index (χ4n) is 3.08. The number of aliphatic hydroxyl groups is 1. The van der Waals surface area contributed by atoms with Crippen molar-refractivity contribution in [2.75, 3.05) is 25.0 Å². The Morgan fingerprint density at radius 2 is 1.87 bits per heavy atom. The highest BCUT2D eigenvalue weighted by molar-refractivity contribution is 6.39. The number of carbonyl (C=O) groups excluding carboxylic acids is 2. The van der Waals surface area contributed by atoms with E-state index in [2.05, 4.69) is 12.2 Å². The predicted molar refractivity (Wildman–Crippen MR) is 90.1 cm³/mol. The van der Waals surface area contributed by atoms with E-state index in [0.29, 0.717) is 18.8 Å². The van der Waals surface area contributed by atoms with Gasteiger partial charge in [0.25, 0.3) is 0 Å². The van der Waals surface area contributed by atoms with Gasteiger partial charge in [-0.05, 0) is 42.7 Å². The molecule has 5 heteroatoms. The Hall–Kier alpha value is -1.88. The summed E-state index contributed by atoms with van der Waals surface area (Å²) in [7, 11) is 0. The second-order valence-corrected chi connectivity index (χ2v) is 6.27. The molecule has 126 valence electrons. The summed E-state index contributed by atoms with van der Waals surface area (Å²) in [4.78, 5) is 26.2. The first-order valence-electron chi connectivity index (χ1n) is 8.34. The third-order valence-electron chi connectivity index (χ3n) is 5.04. The lowest BCUT2D eigenvalue weighted by Crippen LogP contribution is -2.48. The number of anilines is 1. The van der Waals surface area contributed by atoms with Gasteiger partial charge in [-0.2, -0.15) is 0 Å². The molecule has 5 nitrogen and oxygen atoms in total. The average Bonchev–Trinajstić information content (AvgIpc) is 2.61. The third kappa shape index (κ3) is 3.91. The van der Waals surface area contributed by atoms with Gasteiger partial charge in [-0.3, -0.25) is 9.59 Å². The summed E-state index contributed by atoms with van der Waals surface area (Å²) in [5.41, 5.74) is 1.61. The number of carbonyl (C=O) groups is 2. The van der Waals surface area contributed by atoms with Crippen LogP contribution >= 0.6 is 0 Å². The molecule has 1 heterocycles. The molecule has 2 amide bonds. The molecular weight excluding hydrogens is 292 g/mol. The topological polar surface area (TPSA) is 69.6 Å². The maximum atomic E-state index is 12.3. The second kappa shape index (κ2) is 7.59. The summed E-state index contributed by atoms with van der Waals surface area (Å²) in [6, 6.07) is 7.52. The van der Waals surface area contributed by atoms with Crippen LogP contribution in [-0.2, 0) is 16.0 Å². The third-order valence-corrected chi connectivity index (χ3v) is 5.04. The fraction of sp³-hybridized carbons (Fsp3) is 0.556. The fourth-order valence-corrected chi connectivity index (χ4v) is 3.08. The standard InChI is InChI=1S/C18H26N2O3/c1-3-14-7-5-6-8-15(14)19-16(22)17(23)20-11-9-18(4-2,13-21)10-12-20/h5-8,21H,3-4,9-13H2,1-2H3,(H,19,22). The van der Waals surface area contributed by atoms with Gasteiger partial charge in [-0.25, -0.2) is 0 Å². The summed E-state index contributed by atoms with van der Waals surface area (Å²) in [5, 5.41) is 12.3. The van der Waals surface area contributed by atoms with Crippen LogP contribution in [0.3, 0.4) is 0 Å². The zero-order valence-electron chi connectivity index (χ0n) is 14.0. The van der Waals surface area contributed by atoms with Crippen molar-refractivity contribution in [1.29, 1.82) is 0 Å². The van der Waals surface area contributed by atoms with Crippen molar-refractivity contribution in [3.8, 4) is 0 Å². The molecule has 1 aromatic carbocycles. The number of rotatable bonds is 4. The Balaban J connectivity index is 1.97. The first kappa shape index (κ1) is 17.5. The van der Waals surface area contributed by atoms with Crippen molar-refractivity contribution < 1.29 is 14.7 Å². The molecule has 1 fully saturated rings. The highest BCUT2D eigenvalue weighted by Gasteiger charge is 2.35. The lowest BCUT2D eigenvalue weighted by molar-refractivity contribution is -0.145. The number of benzene rings is 1. The Morgan fingerprint density at radius 3 is 2.43 bits per heavy atom. The molecule has 0 radical (unpaired) electrons. The number of hydrogen-bond donors (Lipinski definition) is 2. The van der Waals surface area contributed by atoms with E-state index in [0.717, 1.165) is 31.2 Å². The van der Waals surface area contributed by atoms with Gasteiger partial charge in [-0.1, -0.05) is 32.0 Å². The molecule has 0 bridgehead atoms. The Morgan fingerprint density at radius 1 is 1.22 bits per heavy atom. The largest absolute Gasteiger partial charge is 0.396 e. The zero-order chi connectivity index (χ0) is 16.9. The number of aryl methyl sites for hydroxylation is 1. The van der Waals surface area contributed by atoms with E-state index < -0.39 is 11.8 Å². The molecule has 0 aliphatic carbocycles. The van der Waals surface area contributed by atoms with Gasteiger partial charge in [0.15, 0.2) is 0 Å². The zero-order valence-corrected chi connectivity index (χ0v) is 14.0. The van der Waals surface area contributed by atoms with E-state index in [1.54, 1.807) is 4.90 Å². The molecule has 23 heavy (non-hydrogen) atoms. The second-order valence-electron chi connectivity index (χ2n) is 6.27. The van der Waals surface area contributed by atoms with Crippen LogP contribution in [0.1, 0.15) is 38.7 Å². The molecule has 1 saturated heterocycles. The van der Waals surface area contributed by atoms with Crippen molar-refractivity contribution in [3.63, 3.8) is 0 Å². The van der Waals surface area contributed by atoms with E-state index in [1.165, 1.54) is 0 Å². The average molecular weight is 318 g/mol. The molecule has 2 N–H and O–H groups in total. The Labute approximate surface area is 137 Å². The first-order valence-corrected chi connectivity index (χ1v) is 8.34. The highest BCUT2D eigenvalue weighted by Crippen LogP contribution is 2.34. The monoisotopic (exact) mass is 318 g/mol. The normalized spacial score (nSPS) is 16.9. The van der Waals surface area contributed by atoms with Gasteiger partial charge in [0.1, 0.15) is 0 Å². The van der Waals surface area contributed by atoms with Crippen LogP contribution in [0.2, 0.25) is 0 Å². The van der Waals surface area contributed by atoms with Gasteiger partial charge < -0.3 is 15.3 Å². The summed E-state index contributed by atoms with van der Waals surface area (Å²) < 4.78 is 0. The number of likely N-dealkylation sites (tertiary alicyclic amines) is 1. The van der Waals surface area contributed by atoms with E-state index in [-0.39, 0.29) is 12.0 Å². The van der Waals surface area contributed by atoms with Gasteiger partial charge in [0.2, 0.25) is 0 Å². The quantitative estimate of drug-likeness (QED) is 0.836. The predicted octanol–water partition coefficient (Wildman–Crippen LogP) is 2.20. The van der Waals surface area contributed by atoms with Crippen LogP contribution in [0.15, 0.2) is 24.3 Å². The van der Waals surface area contributed by atoms with Gasteiger partial charge in [0, 0.05) is 25.4 Å². The molecule has 0 atom stereocenters. The number of piperidine rings is 1. The maximum Gasteiger partial charge on any atom is 0.313 e. The lowest BCUT2D eigenvalue weighted by Gasteiger charge is -2.39. The molecule has 1 aliphatic rings. The highest BCUT2D eigenvalue weighted by atomic mass is 16.3. The van der Waals surface area contributed by atoms with Crippen molar-refractivity contribution >= 4 is 17.5 Å². The van der Waals surface area contributed by atoms with Crippen molar-refractivity contribution in [2.24, 2.45) is 5.41 Å². The van der Waals surface area contributed by atoms with Crippen LogP contribution in [-0.4, -0.2) is 41.5 Å².